The maximum Gasteiger partial charge on any atom is 0.273 e. The minimum Gasteiger partial charge on any atom is -0.467 e. The molecule has 122 valence electrons. The molecule has 1 amide bonds. The Balaban J connectivity index is 2.25. The van der Waals surface area contributed by atoms with Crippen LogP contribution in [0.3, 0.4) is 0 Å². The summed E-state index contributed by atoms with van der Waals surface area (Å²) in [6.45, 7) is 2.63. The highest BCUT2D eigenvalue weighted by Crippen LogP contribution is 2.21. The summed E-state index contributed by atoms with van der Waals surface area (Å²) in [5, 5.41) is 11.0. The maximum atomic E-state index is 12.7. The number of amides is 1. The van der Waals surface area contributed by atoms with E-state index >= 15 is 0 Å². The fourth-order valence-corrected chi connectivity index (χ4v) is 2.17. The quantitative estimate of drug-likeness (QED) is 0.579. The Morgan fingerprint density at radius 1 is 1.39 bits per heavy atom. The van der Waals surface area contributed by atoms with Crippen LogP contribution in [0.2, 0.25) is 0 Å². The van der Waals surface area contributed by atoms with Crippen molar-refractivity contribution >= 4 is 11.6 Å². The van der Waals surface area contributed by atoms with E-state index in [1.807, 2.05) is 0 Å². The Hall–Kier alpha value is -2.67. The molecule has 0 radical (unpaired) electrons. The molecule has 0 saturated carbocycles. The van der Waals surface area contributed by atoms with Crippen molar-refractivity contribution in [2.24, 2.45) is 0 Å². The third-order valence-corrected chi connectivity index (χ3v) is 3.43. The van der Waals surface area contributed by atoms with E-state index in [1.165, 1.54) is 17.2 Å². The van der Waals surface area contributed by atoms with Crippen LogP contribution in [-0.4, -0.2) is 36.0 Å². The van der Waals surface area contributed by atoms with Gasteiger partial charge in [0.15, 0.2) is 0 Å². The van der Waals surface area contributed by atoms with E-state index in [9.17, 15) is 14.9 Å². The van der Waals surface area contributed by atoms with Crippen LogP contribution >= 0.6 is 0 Å². The van der Waals surface area contributed by atoms with Crippen molar-refractivity contribution in [2.45, 2.75) is 13.5 Å². The molecule has 0 aliphatic carbocycles. The van der Waals surface area contributed by atoms with Crippen LogP contribution in [0.15, 0.2) is 41.0 Å². The van der Waals surface area contributed by atoms with Gasteiger partial charge in [-0.1, -0.05) is 6.07 Å². The average Bonchev–Trinajstić information content (AvgIpc) is 3.04. The van der Waals surface area contributed by atoms with E-state index in [0.29, 0.717) is 24.5 Å². The van der Waals surface area contributed by atoms with Gasteiger partial charge in [0.1, 0.15) is 5.76 Å². The van der Waals surface area contributed by atoms with E-state index in [2.05, 4.69) is 0 Å². The molecular formula is C16H18N2O5. The number of nitro groups is 1. The molecule has 0 aliphatic rings. The lowest BCUT2D eigenvalue weighted by atomic mass is 10.1. The van der Waals surface area contributed by atoms with Gasteiger partial charge in [-0.05, 0) is 25.1 Å². The van der Waals surface area contributed by atoms with Gasteiger partial charge in [-0.25, -0.2) is 0 Å². The first kappa shape index (κ1) is 16.7. The van der Waals surface area contributed by atoms with Gasteiger partial charge < -0.3 is 14.1 Å². The highest BCUT2D eigenvalue weighted by atomic mass is 16.6. The fraction of sp³-hybridized carbons (Fsp3) is 0.312. The second-order valence-corrected chi connectivity index (χ2v) is 5.06. The normalized spacial score (nSPS) is 10.5. The molecule has 0 spiro atoms. The number of benzene rings is 1. The van der Waals surface area contributed by atoms with Crippen LogP contribution in [0, 0.1) is 17.0 Å². The molecule has 0 unspecified atom stereocenters. The van der Waals surface area contributed by atoms with Crippen LogP contribution in [-0.2, 0) is 11.3 Å². The smallest absolute Gasteiger partial charge is 0.273 e. The summed E-state index contributed by atoms with van der Waals surface area (Å²) >= 11 is 0. The second kappa shape index (κ2) is 7.55. The van der Waals surface area contributed by atoms with Gasteiger partial charge in [0, 0.05) is 30.8 Å². The molecule has 0 N–H and O–H groups in total. The fourth-order valence-electron chi connectivity index (χ4n) is 2.17. The lowest BCUT2D eigenvalue weighted by Crippen LogP contribution is -2.33. The van der Waals surface area contributed by atoms with Crippen molar-refractivity contribution in [3.05, 3.63) is 63.6 Å². The second-order valence-electron chi connectivity index (χ2n) is 5.06. The van der Waals surface area contributed by atoms with Gasteiger partial charge in [-0.15, -0.1) is 0 Å². The van der Waals surface area contributed by atoms with Crippen LogP contribution in [0.1, 0.15) is 21.7 Å². The Kier molecular flexibility index (Phi) is 5.48. The molecule has 23 heavy (non-hydrogen) atoms. The van der Waals surface area contributed by atoms with Gasteiger partial charge in [-0.2, -0.15) is 0 Å². The molecule has 0 saturated heterocycles. The third-order valence-electron chi connectivity index (χ3n) is 3.43. The van der Waals surface area contributed by atoms with E-state index in [1.54, 1.807) is 38.3 Å². The van der Waals surface area contributed by atoms with Crippen LogP contribution in [0.4, 0.5) is 5.69 Å². The molecule has 1 aromatic heterocycles. The minimum absolute atomic E-state index is 0.0689. The van der Waals surface area contributed by atoms with E-state index in [-0.39, 0.29) is 23.7 Å². The summed E-state index contributed by atoms with van der Waals surface area (Å²) in [6.07, 6.45) is 1.53. The predicted molar refractivity (Wildman–Crippen MR) is 83.2 cm³/mol. The number of carbonyl (C=O) groups is 1. The van der Waals surface area contributed by atoms with Crippen molar-refractivity contribution in [3.8, 4) is 0 Å². The molecule has 0 aliphatic heterocycles. The molecule has 1 aromatic carbocycles. The highest BCUT2D eigenvalue weighted by molar-refractivity contribution is 5.95. The van der Waals surface area contributed by atoms with E-state index in [4.69, 9.17) is 9.15 Å². The standard InChI is InChI=1S/C16H18N2O5/c1-12-5-6-13(10-15(12)18(20)21)16(19)17(7-9-22-2)11-14-4-3-8-23-14/h3-6,8,10H,7,9,11H2,1-2H3. The highest BCUT2D eigenvalue weighted by Gasteiger charge is 2.20. The zero-order chi connectivity index (χ0) is 16.8. The zero-order valence-corrected chi connectivity index (χ0v) is 13.0. The Morgan fingerprint density at radius 2 is 2.17 bits per heavy atom. The Labute approximate surface area is 133 Å². The summed E-state index contributed by atoms with van der Waals surface area (Å²) < 4.78 is 10.3. The summed E-state index contributed by atoms with van der Waals surface area (Å²) in [4.78, 5) is 24.8. The first-order chi connectivity index (χ1) is 11.0. The average molecular weight is 318 g/mol. The van der Waals surface area contributed by atoms with E-state index in [0.717, 1.165) is 0 Å². The molecule has 7 heteroatoms. The number of rotatable bonds is 7. The van der Waals surface area contributed by atoms with Gasteiger partial charge >= 0.3 is 0 Å². The number of hydrogen-bond donors (Lipinski definition) is 0. The first-order valence-corrected chi connectivity index (χ1v) is 7.08. The van der Waals surface area contributed by atoms with Gasteiger partial charge in [0.2, 0.25) is 0 Å². The molecule has 0 atom stereocenters. The number of methoxy groups -OCH3 is 1. The minimum atomic E-state index is -0.488. The number of hydrogen-bond acceptors (Lipinski definition) is 5. The predicted octanol–water partition coefficient (Wildman–Crippen LogP) is 2.79. The van der Waals surface area contributed by atoms with Crippen LogP contribution in [0.25, 0.3) is 0 Å². The lowest BCUT2D eigenvalue weighted by Gasteiger charge is -2.21. The topological polar surface area (TPSA) is 85.8 Å². The van der Waals surface area contributed by atoms with Crippen molar-refractivity contribution in [1.82, 2.24) is 4.90 Å². The monoisotopic (exact) mass is 318 g/mol. The summed E-state index contributed by atoms with van der Waals surface area (Å²) in [6, 6.07) is 7.98. The maximum absolute atomic E-state index is 12.7. The number of furan rings is 1. The number of ether oxygens (including phenoxy) is 1. The molecular weight excluding hydrogens is 300 g/mol. The SMILES string of the molecule is COCCN(Cc1ccco1)C(=O)c1ccc(C)c([N+](=O)[O-])c1. The largest absolute Gasteiger partial charge is 0.467 e. The lowest BCUT2D eigenvalue weighted by molar-refractivity contribution is -0.385. The molecule has 0 bridgehead atoms. The van der Waals surface area contributed by atoms with Crippen LogP contribution in [0.5, 0.6) is 0 Å². The van der Waals surface area contributed by atoms with Crippen molar-refractivity contribution in [1.29, 1.82) is 0 Å². The van der Waals surface area contributed by atoms with Crippen LogP contribution < -0.4 is 0 Å². The van der Waals surface area contributed by atoms with Gasteiger partial charge in [-0.3, -0.25) is 14.9 Å². The summed E-state index contributed by atoms with van der Waals surface area (Å²) in [7, 11) is 1.55. The third kappa shape index (κ3) is 4.17. The summed E-state index contributed by atoms with van der Waals surface area (Å²) in [5.41, 5.74) is 0.714. The number of aryl methyl sites for hydroxylation is 1. The number of nitrogens with zero attached hydrogens (tertiary/aromatic N) is 2. The van der Waals surface area contributed by atoms with Gasteiger partial charge in [0.05, 0.1) is 24.3 Å². The van der Waals surface area contributed by atoms with Crippen molar-refractivity contribution in [2.75, 3.05) is 20.3 Å². The zero-order valence-electron chi connectivity index (χ0n) is 13.0. The first-order valence-electron chi connectivity index (χ1n) is 7.08. The summed E-state index contributed by atoms with van der Waals surface area (Å²) in [5.74, 6) is 0.331. The molecule has 0 fully saturated rings. The van der Waals surface area contributed by atoms with Crippen molar-refractivity contribution in [3.63, 3.8) is 0 Å². The molecule has 2 rings (SSSR count). The number of nitro benzene ring substituents is 1. The number of carbonyl (C=O) groups excluding carboxylic acids is 1. The van der Waals surface area contributed by atoms with E-state index < -0.39 is 4.92 Å². The Bertz CT molecular complexity index is 682. The molecule has 7 nitrogen and oxygen atoms in total. The molecule has 2 aromatic rings. The molecule has 1 heterocycles. The Morgan fingerprint density at radius 3 is 2.78 bits per heavy atom. The van der Waals surface area contributed by atoms with Gasteiger partial charge in [0.25, 0.3) is 11.6 Å². The van der Waals surface area contributed by atoms with Crippen molar-refractivity contribution < 1.29 is 18.9 Å².